The summed E-state index contributed by atoms with van der Waals surface area (Å²) in [6.07, 6.45) is 6.63. The largest absolute Gasteiger partial charge is 0.466 e. The molecule has 1 aliphatic heterocycles. The van der Waals surface area contributed by atoms with Crippen LogP contribution >= 0.6 is 25.0 Å². The van der Waals surface area contributed by atoms with Gasteiger partial charge in [0.2, 0.25) is 0 Å². The standard InChI is InChI=1S/C25H30FN3O3S.ClH/c1-2-32-23(30)11-14-29-13-9-19(27-29)15-18-16-28(12-10-22(18)33)24(25(31)17-7-8-17)20-5-3-4-6-21(20)26;/h3-6,9,13,15,17,22,24,33H,2,7-8,10-12,14,16H2,1H3;1H/b18-15+;/t22-,24-;/m1./s1. The van der Waals surface area contributed by atoms with E-state index in [4.69, 9.17) is 17.4 Å². The summed E-state index contributed by atoms with van der Waals surface area (Å²) in [5.41, 5.74) is 2.27. The van der Waals surface area contributed by atoms with Crippen LogP contribution in [0, 0.1) is 11.7 Å². The molecule has 1 aromatic carbocycles. The van der Waals surface area contributed by atoms with Gasteiger partial charge in [0.05, 0.1) is 31.3 Å². The average molecular weight is 508 g/mol. The van der Waals surface area contributed by atoms with E-state index in [0.29, 0.717) is 31.8 Å². The van der Waals surface area contributed by atoms with Crippen LogP contribution in [0.25, 0.3) is 6.08 Å². The number of benzene rings is 1. The number of aryl methyl sites for hydroxylation is 1. The lowest BCUT2D eigenvalue weighted by Gasteiger charge is -2.37. The topological polar surface area (TPSA) is 64.4 Å². The number of thiol groups is 1. The van der Waals surface area contributed by atoms with E-state index >= 15 is 0 Å². The number of nitrogens with zero attached hydrogens (tertiary/aromatic N) is 3. The molecule has 2 aromatic rings. The molecule has 0 bridgehead atoms. The number of halogens is 2. The van der Waals surface area contributed by atoms with Crippen LogP contribution < -0.4 is 0 Å². The Balaban J connectivity index is 0.00000324. The summed E-state index contributed by atoms with van der Waals surface area (Å²) in [4.78, 5) is 26.8. The Morgan fingerprint density at radius 1 is 1.26 bits per heavy atom. The molecule has 2 heterocycles. The van der Waals surface area contributed by atoms with Gasteiger partial charge in [-0.2, -0.15) is 17.7 Å². The van der Waals surface area contributed by atoms with Gasteiger partial charge in [0.15, 0.2) is 5.78 Å². The minimum atomic E-state index is -0.579. The molecule has 6 nitrogen and oxygen atoms in total. The fourth-order valence-corrected chi connectivity index (χ4v) is 4.55. The van der Waals surface area contributed by atoms with Gasteiger partial charge >= 0.3 is 5.97 Å². The normalized spacial score (nSPS) is 20.6. The SMILES string of the molecule is CCOC(=O)CCn1ccc(/C=C2\CN([C@@H](C(=O)C3CC3)c3ccccc3F)CC[C@H]2S)n1.Cl. The third kappa shape index (κ3) is 6.49. The Labute approximate surface area is 211 Å². The lowest BCUT2D eigenvalue weighted by Crippen LogP contribution is -2.42. The first kappa shape index (κ1) is 26.4. The number of esters is 1. The third-order valence-electron chi connectivity index (χ3n) is 6.16. The summed E-state index contributed by atoms with van der Waals surface area (Å²) in [6.45, 7) is 3.81. The lowest BCUT2D eigenvalue weighted by molar-refractivity contribution is -0.143. The molecule has 1 aliphatic carbocycles. The molecule has 0 unspecified atom stereocenters. The molecule has 2 atom stereocenters. The van der Waals surface area contributed by atoms with Gasteiger partial charge < -0.3 is 4.74 Å². The maximum absolute atomic E-state index is 14.7. The summed E-state index contributed by atoms with van der Waals surface area (Å²) in [5.74, 6) is -0.438. The second kappa shape index (κ2) is 12.0. The summed E-state index contributed by atoms with van der Waals surface area (Å²) in [5, 5.41) is 4.58. The maximum Gasteiger partial charge on any atom is 0.307 e. The third-order valence-corrected chi connectivity index (χ3v) is 6.75. The minimum absolute atomic E-state index is 0. The molecule has 0 radical (unpaired) electrons. The van der Waals surface area contributed by atoms with E-state index in [1.54, 1.807) is 29.8 Å². The highest BCUT2D eigenvalue weighted by Crippen LogP contribution is 2.39. The van der Waals surface area contributed by atoms with Crippen LogP contribution in [0.3, 0.4) is 0 Å². The molecule has 1 aromatic heterocycles. The van der Waals surface area contributed by atoms with Crippen LogP contribution in [0.5, 0.6) is 0 Å². The van der Waals surface area contributed by atoms with E-state index < -0.39 is 6.04 Å². The molecule has 0 spiro atoms. The number of ketones is 1. The molecule has 2 aliphatic rings. The number of hydrogen-bond acceptors (Lipinski definition) is 6. The van der Waals surface area contributed by atoms with Crippen LogP contribution in [0.2, 0.25) is 0 Å². The summed E-state index contributed by atoms with van der Waals surface area (Å²) < 4.78 is 21.4. The predicted molar refractivity (Wildman–Crippen MR) is 135 cm³/mol. The Hall–Kier alpha value is -2.16. The molecule has 9 heteroatoms. The highest BCUT2D eigenvalue weighted by molar-refractivity contribution is 7.81. The minimum Gasteiger partial charge on any atom is -0.466 e. The summed E-state index contributed by atoms with van der Waals surface area (Å²) in [6, 6.07) is 7.90. The smallest absolute Gasteiger partial charge is 0.307 e. The molecule has 2 fully saturated rings. The van der Waals surface area contributed by atoms with Crippen molar-refractivity contribution in [3.63, 3.8) is 0 Å². The number of aromatic nitrogens is 2. The van der Waals surface area contributed by atoms with E-state index in [1.165, 1.54) is 6.07 Å². The Bertz CT molecular complexity index is 1040. The van der Waals surface area contributed by atoms with Crippen LogP contribution in [0.15, 0.2) is 42.1 Å². The van der Waals surface area contributed by atoms with E-state index in [1.807, 2.05) is 18.3 Å². The summed E-state index contributed by atoms with van der Waals surface area (Å²) in [7, 11) is 0. The fourth-order valence-electron chi connectivity index (χ4n) is 4.28. The highest BCUT2D eigenvalue weighted by Gasteiger charge is 2.40. The van der Waals surface area contributed by atoms with E-state index in [-0.39, 0.29) is 47.6 Å². The first-order valence-corrected chi connectivity index (χ1v) is 12.1. The monoisotopic (exact) mass is 507 g/mol. The summed E-state index contributed by atoms with van der Waals surface area (Å²) >= 11 is 4.76. The molecule has 0 N–H and O–H groups in total. The number of piperidine rings is 1. The molecule has 1 saturated carbocycles. The number of likely N-dealkylation sites (tertiary alicyclic amines) is 1. The van der Waals surface area contributed by atoms with E-state index in [0.717, 1.165) is 30.5 Å². The predicted octanol–water partition coefficient (Wildman–Crippen LogP) is 4.51. The van der Waals surface area contributed by atoms with Crippen LogP contribution in [0.1, 0.15) is 49.9 Å². The number of ether oxygens (including phenoxy) is 1. The quantitative estimate of drug-likeness (QED) is 0.400. The van der Waals surface area contributed by atoms with Gasteiger partial charge in [0.25, 0.3) is 0 Å². The van der Waals surface area contributed by atoms with Crippen LogP contribution in [-0.4, -0.2) is 51.4 Å². The molecule has 1 saturated heterocycles. The van der Waals surface area contributed by atoms with Gasteiger partial charge in [0.1, 0.15) is 5.82 Å². The molecule has 184 valence electrons. The zero-order valence-electron chi connectivity index (χ0n) is 19.2. The van der Waals surface area contributed by atoms with Gasteiger partial charge in [-0.3, -0.25) is 19.2 Å². The van der Waals surface area contributed by atoms with Gasteiger partial charge in [-0.25, -0.2) is 4.39 Å². The first-order chi connectivity index (χ1) is 16.0. The van der Waals surface area contributed by atoms with E-state index in [2.05, 4.69) is 10.00 Å². The fraction of sp³-hybridized carbons (Fsp3) is 0.480. The Morgan fingerprint density at radius 3 is 2.74 bits per heavy atom. The second-order valence-electron chi connectivity index (χ2n) is 8.65. The number of carbonyl (C=O) groups is 2. The van der Waals surface area contributed by atoms with Crippen molar-refractivity contribution in [2.75, 3.05) is 19.7 Å². The van der Waals surface area contributed by atoms with Gasteiger partial charge in [-0.05, 0) is 50.0 Å². The lowest BCUT2D eigenvalue weighted by atomic mass is 9.93. The van der Waals surface area contributed by atoms with Crippen LogP contribution in [0.4, 0.5) is 4.39 Å². The van der Waals surface area contributed by atoms with Crippen molar-refractivity contribution in [3.8, 4) is 0 Å². The van der Waals surface area contributed by atoms with Crippen molar-refractivity contribution >= 4 is 42.9 Å². The number of hydrogen-bond donors (Lipinski definition) is 1. The molecule has 4 rings (SSSR count). The van der Waals surface area contributed by atoms with Crippen molar-refractivity contribution in [1.29, 1.82) is 0 Å². The maximum atomic E-state index is 14.7. The molecular weight excluding hydrogens is 477 g/mol. The Kier molecular flexibility index (Phi) is 9.33. The van der Waals surface area contributed by atoms with Crippen molar-refractivity contribution in [1.82, 2.24) is 14.7 Å². The Morgan fingerprint density at radius 2 is 2.03 bits per heavy atom. The van der Waals surface area contributed by atoms with Crippen molar-refractivity contribution in [2.45, 2.75) is 50.4 Å². The van der Waals surface area contributed by atoms with Crippen molar-refractivity contribution in [2.24, 2.45) is 5.92 Å². The zero-order valence-corrected chi connectivity index (χ0v) is 20.9. The van der Waals surface area contributed by atoms with Crippen LogP contribution in [-0.2, 0) is 20.9 Å². The van der Waals surface area contributed by atoms with Crippen molar-refractivity contribution < 1.29 is 18.7 Å². The number of Topliss-reactive ketones (excluding diaryl/α,β-unsaturated/α-hetero) is 1. The van der Waals surface area contributed by atoms with Gasteiger partial charge in [-0.1, -0.05) is 18.2 Å². The zero-order chi connectivity index (χ0) is 23.4. The average Bonchev–Trinajstić information content (AvgIpc) is 3.56. The second-order valence-corrected chi connectivity index (χ2v) is 9.28. The van der Waals surface area contributed by atoms with Gasteiger partial charge in [0, 0.05) is 36.0 Å². The molecule has 34 heavy (non-hydrogen) atoms. The molecule has 0 amide bonds. The first-order valence-electron chi connectivity index (χ1n) is 11.6. The number of carbonyl (C=O) groups excluding carboxylic acids is 2. The number of rotatable bonds is 9. The van der Waals surface area contributed by atoms with E-state index in [9.17, 15) is 14.0 Å². The highest BCUT2D eigenvalue weighted by atomic mass is 35.5. The van der Waals surface area contributed by atoms with Crippen molar-refractivity contribution in [3.05, 3.63) is 59.2 Å². The van der Waals surface area contributed by atoms with Gasteiger partial charge in [-0.15, -0.1) is 12.4 Å². The molecular formula is C25H31ClFN3O3S.